The molecule has 1 N–H and O–H groups in total. The summed E-state index contributed by atoms with van der Waals surface area (Å²) in [6.07, 6.45) is 1.04. The van der Waals surface area contributed by atoms with Gasteiger partial charge in [-0.3, -0.25) is 0 Å². The molecule has 108 valence electrons. The van der Waals surface area contributed by atoms with E-state index in [-0.39, 0.29) is 0 Å². The summed E-state index contributed by atoms with van der Waals surface area (Å²) in [5.74, 6) is 0. The van der Waals surface area contributed by atoms with E-state index in [0.29, 0.717) is 0 Å². The van der Waals surface area contributed by atoms with Crippen LogP contribution in [0.5, 0.6) is 0 Å². The molecule has 0 bridgehead atoms. The standard InChI is InChI=1S/C20H17NS/c1-2-15-16-10-6-7-11-17(16)21-20(15)19-13-12-18(22-19)14-8-4-3-5-9-14/h3-13,21H,2H2,1H3. The van der Waals surface area contributed by atoms with Crippen molar-refractivity contribution >= 4 is 22.2 Å². The van der Waals surface area contributed by atoms with Gasteiger partial charge in [-0.05, 0) is 35.7 Å². The van der Waals surface area contributed by atoms with Gasteiger partial charge in [0.2, 0.25) is 0 Å². The van der Waals surface area contributed by atoms with E-state index in [0.717, 1.165) is 6.42 Å². The van der Waals surface area contributed by atoms with Gasteiger partial charge in [0.15, 0.2) is 0 Å². The monoisotopic (exact) mass is 303 g/mol. The zero-order valence-electron chi connectivity index (χ0n) is 12.5. The van der Waals surface area contributed by atoms with Gasteiger partial charge < -0.3 is 4.98 Å². The molecule has 0 amide bonds. The Morgan fingerprint density at radius 1 is 0.818 bits per heavy atom. The van der Waals surface area contributed by atoms with Crippen LogP contribution in [0.15, 0.2) is 66.7 Å². The van der Waals surface area contributed by atoms with Gasteiger partial charge in [-0.2, -0.15) is 0 Å². The second kappa shape index (κ2) is 5.47. The maximum absolute atomic E-state index is 3.61. The average Bonchev–Trinajstić information content (AvgIpc) is 3.20. The number of para-hydroxylation sites is 1. The Bertz CT molecular complexity index is 915. The Balaban J connectivity index is 1.84. The van der Waals surface area contributed by atoms with Gasteiger partial charge in [0.25, 0.3) is 0 Å². The van der Waals surface area contributed by atoms with Gasteiger partial charge >= 0.3 is 0 Å². The molecule has 0 spiro atoms. The van der Waals surface area contributed by atoms with Gasteiger partial charge in [-0.15, -0.1) is 11.3 Å². The number of aromatic amines is 1. The summed E-state index contributed by atoms with van der Waals surface area (Å²) in [7, 11) is 0. The van der Waals surface area contributed by atoms with Crippen LogP contribution in [0, 0.1) is 0 Å². The van der Waals surface area contributed by atoms with E-state index in [9.17, 15) is 0 Å². The number of rotatable bonds is 3. The van der Waals surface area contributed by atoms with Crippen LogP contribution in [0.1, 0.15) is 12.5 Å². The molecule has 0 radical (unpaired) electrons. The number of fused-ring (bicyclic) bond motifs is 1. The smallest absolute Gasteiger partial charge is 0.0598 e. The van der Waals surface area contributed by atoms with E-state index in [1.807, 2.05) is 11.3 Å². The van der Waals surface area contributed by atoms with Crippen molar-refractivity contribution in [3.05, 3.63) is 72.3 Å². The fourth-order valence-corrected chi connectivity index (χ4v) is 4.05. The van der Waals surface area contributed by atoms with Gasteiger partial charge in [-0.1, -0.05) is 55.5 Å². The molecule has 0 atom stereocenters. The van der Waals surface area contributed by atoms with Crippen molar-refractivity contribution in [2.24, 2.45) is 0 Å². The summed E-state index contributed by atoms with van der Waals surface area (Å²) >= 11 is 1.85. The maximum atomic E-state index is 3.61. The van der Waals surface area contributed by atoms with Crippen molar-refractivity contribution < 1.29 is 0 Å². The van der Waals surface area contributed by atoms with E-state index in [1.165, 1.54) is 37.5 Å². The minimum absolute atomic E-state index is 1.04. The number of hydrogen-bond acceptors (Lipinski definition) is 1. The van der Waals surface area contributed by atoms with Gasteiger partial charge in [0.1, 0.15) is 0 Å². The number of thiophene rings is 1. The lowest BCUT2D eigenvalue weighted by Gasteiger charge is -1.99. The predicted molar refractivity (Wildman–Crippen MR) is 96.4 cm³/mol. The molecule has 0 aliphatic rings. The maximum Gasteiger partial charge on any atom is 0.0598 e. The van der Waals surface area contributed by atoms with Crippen molar-refractivity contribution in [3.8, 4) is 21.0 Å². The molecule has 0 aliphatic heterocycles. The third-order valence-corrected chi connectivity index (χ3v) is 5.23. The lowest BCUT2D eigenvalue weighted by molar-refractivity contribution is 1.16. The SMILES string of the molecule is CCc1c(-c2ccc(-c3ccccc3)s2)[nH]c2ccccc12. The Labute approximate surface area is 134 Å². The molecule has 2 aromatic heterocycles. The molecule has 0 saturated heterocycles. The fourth-order valence-electron chi connectivity index (χ4n) is 3.01. The third kappa shape index (κ3) is 2.16. The number of hydrogen-bond donors (Lipinski definition) is 1. The average molecular weight is 303 g/mol. The summed E-state index contributed by atoms with van der Waals surface area (Å²) in [5, 5.41) is 1.34. The van der Waals surface area contributed by atoms with Crippen LogP contribution in [0.4, 0.5) is 0 Å². The number of benzene rings is 2. The summed E-state index contributed by atoms with van der Waals surface area (Å²) in [6, 6.07) is 23.6. The molecular formula is C20H17NS. The second-order valence-electron chi connectivity index (χ2n) is 5.41. The van der Waals surface area contributed by atoms with Crippen molar-refractivity contribution in [2.45, 2.75) is 13.3 Å². The fraction of sp³-hybridized carbons (Fsp3) is 0.100. The molecule has 22 heavy (non-hydrogen) atoms. The van der Waals surface area contributed by atoms with E-state index in [2.05, 4.69) is 78.6 Å². The molecule has 2 heterocycles. The molecule has 4 aromatic rings. The minimum atomic E-state index is 1.04. The first kappa shape index (κ1) is 13.4. The zero-order valence-corrected chi connectivity index (χ0v) is 13.3. The summed E-state index contributed by atoms with van der Waals surface area (Å²) < 4.78 is 0. The number of aryl methyl sites for hydroxylation is 1. The molecule has 2 heteroatoms. The van der Waals surface area contributed by atoms with Crippen molar-refractivity contribution in [1.29, 1.82) is 0 Å². The van der Waals surface area contributed by atoms with E-state index in [1.54, 1.807) is 0 Å². The first-order valence-corrected chi connectivity index (χ1v) is 8.43. The summed E-state index contributed by atoms with van der Waals surface area (Å²) in [4.78, 5) is 6.23. The summed E-state index contributed by atoms with van der Waals surface area (Å²) in [5.41, 5.74) is 5.20. The largest absolute Gasteiger partial charge is 0.354 e. The van der Waals surface area contributed by atoms with Crippen LogP contribution in [0.25, 0.3) is 31.9 Å². The highest BCUT2D eigenvalue weighted by molar-refractivity contribution is 7.18. The lowest BCUT2D eigenvalue weighted by Crippen LogP contribution is -1.81. The van der Waals surface area contributed by atoms with E-state index >= 15 is 0 Å². The van der Waals surface area contributed by atoms with Crippen LogP contribution in [-0.2, 0) is 6.42 Å². The highest BCUT2D eigenvalue weighted by Gasteiger charge is 2.13. The van der Waals surface area contributed by atoms with Gasteiger partial charge in [-0.25, -0.2) is 0 Å². The highest BCUT2D eigenvalue weighted by Crippen LogP contribution is 2.38. The molecule has 0 saturated carbocycles. The normalized spacial score (nSPS) is 11.1. The molecule has 0 aliphatic carbocycles. The topological polar surface area (TPSA) is 15.8 Å². The van der Waals surface area contributed by atoms with Gasteiger partial charge in [0.05, 0.1) is 10.6 Å². The first-order chi connectivity index (χ1) is 10.9. The minimum Gasteiger partial charge on any atom is -0.354 e. The van der Waals surface area contributed by atoms with Crippen molar-refractivity contribution in [2.75, 3.05) is 0 Å². The Hall–Kier alpha value is -2.32. The quantitative estimate of drug-likeness (QED) is 0.469. The van der Waals surface area contributed by atoms with Gasteiger partial charge in [0, 0.05) is 15.8 Å². The number of H-pyrrole nitrogens is 1. The Morgan fingerprint density at radius 3 is 2.36 bits per heavy atom. The van der Waals surface area contributed by atoms with Crippen LogP contribution in [0.3, 0.4) is 0 Å². The molecule has 2 aromatic carbocycles. The predicted octanol–water partition coefficient (Wildman–Crippen LogP) is 6.13. The van der Waals surface area contributed by atoms with Crippen LogP contribution in [-0.4, -0.2) is 4.98 Å². The molecule has 1 nitrogen and oxygen atoms in total. The van der Waals surface area contributed by atoms with Crippen LogP contribution in [0.2, 0.25) is 0 Å². The Morgan fingerprint density at radius 2 is 1.55 bits per heavy atom. The van der Waals surface area contributed by atoms with Crippen LogP contribution < -0.4 is 0 Å². The van der Waals surface area contributed by atoms with Crippen molar-refractivity contribution in [1.82, 2.24) is 4.98 Å². The lowest BCUT2D eigenvalue weighted by atomic mass is 10.1. The number of aromatic nitrogens is 1. The third-order valence-electron chi connectivity index (χ3n) is 4.08. The Kier molecular flexibility index (Phi) is 3.32. The van der Waals surface area contributed by atoms with Crippen LogP contribution >= 0.6 is 11.3 Å². The zero-order chi connectivity index (χ0) is 14.9. The first-order valence-electron chi connectivity index (χ1n) is 7.62. The highest BCUT2D eigenvalue weighted by atomic mass is 32.1. The molecule has 4 rings (SSSR count). The molecule has 0 unspecified atom stereocenters. The second-order valence-corrected chi connectivity index (χ2v) is 6.49. The van der Waals surface area contributed by atoms with E-state index < -0.39 is 0 Å². The molecular weight excluding hydrogens is 286 g/mol. The summed E-state index contributed by atoms with van der Waals surface area (Å²) in [6.45, 7) is 2.23. The van der Waals surface area contributed by atoms with E-state index in [4.69, 9.17) is 0 Å². The van der Waals surface area contributed by atoms with Crippen molar-refractivity contribution in [3.63, 3.8) is 0 Å². The molecule has 0 fully saturated rings. The number of nitrogens with one attached hydrogen (secondary N) is 1.